The summed E-state index contributed by atoms with van der Waals surface area (Å²) in [7, 11) is -4.37. The van der Waals surface area contributed by atoms with Crippen LogP contribution in [0, 0.1) is 6.92 Å². The van der Waals surface area contributed by atoms with Crippen LogP contribution in [0.2, 0.25) is 0 Å². The second-order valence-corrected chi connectivity index (χ2v) is 6.92. The molecule has 0 saturated heterocycles. The third-order valence-electron chi connectivity index (χ3n) is 3.25. The Morgan fingerprint density at radius 3 is 2.46 bits per heavy atom. The molecule has 140 valence electrons. The fourth-order valence-electron chi connectivity index (χ4n) is 1.92. The van der Waals surface area contributed by atoms with Gasteiger partial charge in [-0.3, -0.25) is 10.2 Å². The van der Waals surface area contributed by atoms with Crippen molar-refractivity contribution in [1.29, 1.82) is 0 Å². The van der Waals surface area contributed by atoms with Crippen molar-refractivity contribution in [3.05, 3.63) is 59.7 Å². The Kier molecular flexibility index (Phi) is 5.88. The van der Waals surface area contributed by atoms with Gasteiger partial charge in [-0.15, -0.1) is 4.83 Å². The Labute approximate surface area is 148 Å². The number of nitrogens with one attached hydrogen (secondary N) is 2. The van der Waals surface area contributed by atoms with E-state index in [2.05, 4.69) is 0 Å². The van der Waals surface area contributed by atoms with Gasteiger partial charge in [-0.05, 0) is 36.8 Å². The van der Waals surface area contributed by atoms with Gasteiger partial charge in [0.05, 0.1) is 10.5 Å². The van der Waals surface area contributed by atoms with Gasteiger partial charge in [0.2, 0.25) is 0 Å². The number of amides is 1. The molecule has 2 N–H and O–H groups in total. The van der Waals surface area contributed by atoms with Crippen LogP contribution in [0.25, 0.3) is 0 Å². The number of halogens is 3. The molecule has 0 unspecified atom stereocenters. The van der Waals surface area contributed by atoms with E-state index in [-0.39, 0.29) is 0 Å². The first-order chi connectivity index (χ1) is 12.1. The van der Waals surface area contributed by atoms with Gasteiger partial charge in [0.15, 0.2) is 6.61 Å². The predicted octanol–water partition coefficient (Wildman–Crippen LogP) is 2.40. The molecule has 2 aromatic rings. The molecule has 26 heavy (non-hydrogen) atoms. The van der Waals surface area contributed by atoms with Crippen LogP contribution in [0.15, 0.2) is 53.4 Å². The summed E-state index contributed by atoms with van der Waals surface area (Å²) in [6, 6.07) is 10.0. The average Bonchev–Trinajstić information content (AvgIpc) is 2.59. The molecule has 0 aliphatic carbocycles. The molecule has 0 spiro atoms. The number of carbonyl (C=O) groups is 1. The molecular weight excluding hydrogens is 373 g/mol. The van der Waals surface area contributed by atoms with Crippen molar-refractivity contribution in [3.63, 3.8) is 0 Å². The molecule has 0 aliphatic rings. The molecule has 0 heterocycles. The Morgan fingerprint density at radius 1 is 1.12 bits per heavy atom. The normalized spacial score (nSPS) is 11.8. The Balaban J connectivity index is 1.97. The summed E-state index contributed by atoms with van der Waals surface area (Å²) in [5, 5.41) is 0. The second kappa shape index (κ2) is 7.75. The molecule has 0 saturated carbocycles. The van der Waals surface area contributed by atoms with E-state index in [1.807, 2.05) is 5.43 Å². The van der Waals surface area contributed by atoms with Gasteiger partial charge < -0.3 is 4.74 Å². The summed E-state index contributed by atoms with van der Waals surface area (Å²) in [5.74, 6) is -0.368. The summed E-state index contributed by atoms with van der Waals surface area (Å²) in [5.41, 5.74) is 1.55. The number of carbonyl (C=O) groups excluding carboxylic acids is 1. The maximum atomic E-state index is 12.7. The molecule has 0 aliphatic heterocycles. The number of benzene rings is 2. The number of alkyl halides is 3. The lowest BCUT2D eigenvalue weighted by Crippen LogP contribution is -2.43. The number of sulfonamides is 1. The standard InChI is InChI=1S/C16H15F3N2O4S/c1-11-5-2-3-8-14(11)25-10-15(22)20-21-26(23,24)13-7-4-6-12(9-13)16(17,18)19/h2-9,21H,10H2,1H3,(H,20,22). The molecule has 6 nitrogen and oxygen atoms in total. The molecule has 0 fully saturated rings. The van der Waals surface area contributed by atoms with Crippen molar-refractivity contribution in [2.75, 3.05) is 6.61 Å². The number of para-hydroxylation sites is 1. The molecule has 2 rings (SSSR count). The minimum Gasteiger partial charge on any atom is -0.483 e. The highest BCUT2D eigenvalue weighted by Gasteiger charge is 2.31. The van der Waals surface area contributed by atoms with Gasteiger partial charge in [-0.1, -0.05) is 24.3 Å². The smallest absolute Gasteiger partial charge is 0.416 e. The molecule has 0 radical (unpaired) electrons. The number of aryl methyl sites for hydroxylation is 1. The summed E-state index contributed by atoms with van der Waals surface area (Å²) in [6.45, 7) is 1.29. The zero-order chi connectivity index (χ0) is 19.4. The summed E-state index contributed by atoms with van der Waals surface area (Å²) in [6.07, 6.45) is -4.68. The number of hydrogen-bond acceptors (Lipinski definition) is 4. The van der Waals surface area contributed by atoms with Gasteiger partial charge in [0.1, 0.15) is 5.75 Å². The molecule has 1 amide bonds. The number of rotatable bonds is 6. The number of hydrogen-bond donors (Lipinski definition) is 2. The zero-order valence-electron chi connectivity index (χ0n) is 13.5. The number of ether oxygens (including phenoxy) is 1. The lowest BCUT2D eigenvalue weighted by Gasteiger charge is -2.12. The van der Waals surface area contributed by atoms with E-state index in [0.717, 1.165) is 23.8 Å². The van der Waals surface area contributed by atoms with Gasteiger partial charge in [0.25, 0.3) is 15.9 Å². The minimum atomic E-state index is -4.68. The lowest BCUT2D eigenvalue weighted by molar-refractivity contribution is -0.137. The molecule has 0 bridgehead atoms. The largest absolute Gasteiger partial charge is 0.483 e. The fourth-order valence-corrected chi connectivity index (χ4v) is 2.83. The van der Waals surface area contributed by atoms with Gasteiger partial charge in [-0.25, -0.2) is 8.42 Å². The Morgan fingerprint density at radius 2 is 1.81 bits per heavy atom. The molecule has 2 aromatic carbocycles. The summed E-state index contributed by atoms with van der Waals surface area (Å²) in [4.78, 5) is 12.8. The lowest BCUT2D eigenvalue weighted by atomic mass is 10.2. The van der Waals surface area contributed by atoms with Crippen LogP contribution in [-0.2, 0) is 21.0 Å². The van der Waals surface area contributed by atoms with Crippen molar-refractivity contribution in [3.8, 4) is 5.75 Å². The van der Waals surface area contributed by atoms with Crippen LogP contribution in [-0.4, -0.2) is 20.9 Å². The van der Waals surface area contributed by atoms with Crippen LogP contribution >= 0.6 is 0 Å². The molecule has 0 atom stereocenters. The van der Waals surface area contributed by atoms with E-state index in [1.54, 1.807) is 36.0 Å². The van der Waals surface area contributed by atoms with Crippen LogP contribution < -0.4 is 15.0 Å². The highest BCUT2D eigenvalue weighted by atomic mass is 32.2. The van der Waals surface area contributed by atoms with E-state index >= 15 is 0 Å². The highest BCUT2D eigenvalue weighted by Crippen LogP contribution is 2.30. The first-order valence-corrected chi connectivity index (χ1v) is 8.74. The second-order valence-electron chi connectivity index (χ2n) is 5.23. The SMILES string of the molecule is Cc1ccccc1OCC(=O)NNS(=O)(=O)c1cccc(C(F)(F)F)c1. The summed E-state index contributed by atoms with van der Waals surface area (Å²) >= 11 is 0. The van der Waals surface area contributed by atoms with E-state index in [4.69, 9.17) is 4.74 Å². The van der Waals surface area contributed by atoms with Gasteiger partial charge in [-0.2, -0.15) is 13.2 Å². The zero-order valence-corrected chi connectivity index (χ0v) is 14.3. The van der Waals surface area contributed by atoms with E-state index in [9.17, 15) is 26.4 Å². The number of hydrazine groups is 1. The predicted molar refractivity (Wildman–Crippen MR) is 86.6 cm³/mol. The van der Waals surface area contributed by atoms with Crippen LogP contribution in [0.4, 0.5) is 13.2 Å². The van der Waals surface area contributed by atoms with Crippen molar-refractivity contribution in [2.45, 2.75) is 18.0 Å². The molecule has 10 heteroatoms. The van der Waals surface area contributed by atoms with Crippen LogP contribution in [0.1, 0.15) is 11.1 Å². The third-order valence-corrected chi connectivity index (χ3v) is 4.49. The maximum Gasteiger partial charge on any atom is 0.416 e. The first-order valence-electron chi connectivity index (χ1n) is 7.26. The van der Waals surface area contributed by atoms with Crippen molar-refractivity contribution in [1.82, 2.24) is 10.3 Å². The van der Waals surface area contributed by atoms with E-state index in [0.29, 0.717) is 11.8 Å². The van der Waals surface area contributed by atoms with Crippen molar-refractivity contribution in [2.24, 2.45) is 0 Å². The van der Waals surface area contributed by atoms with Crippen LogP contribution in [0.3, 0.4) is 0 Å². The minimum absolute atomic E-state index is 0.448. The van der Waals surface area contributed by atoms with Gasteiger partial charge >= 0.3 is 6.18 Å². The van der Waals surface area contributed by atoms with Crippen molar-refractivity contribution < 1.29 is 31.1 Å². The van der Waals surface area contributed by atoms with E-state index in [1.165, 1.54) is 0 Å². The summed E-state index contributed by atoms with van der Waals surface area (Å²) < 4.78 is 67.2. The highest BCUT2D eigenvalue weighted by molar-refractivity contribution is 7.89. The van der Waals surface area contributed by atoms with E-state index < -0.39 is 39.2 Å². The molecule has 0 aromatic heterocycles. The Bertz CT molecular complexity index is 898. The quantitative estimate of drug-likeness (QED) is 0.745. The molecular formula is C16H15F3N2O4S. The monoisotopic (exact) mass is 388 g/mol. The van der Waals surface area contributed by atoms with Crippen LogP contribution in [0.5, 0.6) is 5.75 Å². The van der Waals surface area contributed by atoms with Gasteiger partial charge in [0, 0.05) is 0 Å². The van der Waals surface area contributed by atoms with Crippen molar-refractivity contribution >= 4 is 15.9 Å². The topological polar surface area (TPSA) is 84.5 Å². The fraction of sp³-hybridized carbons (Fsp3) is 0.188. The third kappa shape index (κ3) is 5.20. The average molecular weight is 388 g/mol. The Hall–Kier alpha value is -2.59. The first kappa shape index (κ1) is 19.7. The maximum absolute atomic E-state index is 12.7.